The number of carbonyl (C=O) groups is 1. The van der Waals surface area contributed by atoms with Crippen LogP contribution in [0.1, 0.15) is 30.1 Å². The summed E-state index contributed by atoms with van der Waals surface area (Å²) < 4.78 is 5.40. The number of nitro benzene ring substituents is 1. The van der Waals surface area contributed by atoms with Crippen molar-refractivity contribution in [2.75, 3.05) is 23.3 Å². The van der Waals surface area contributed by atoms with E-state index in [1.807, 2.05) is 17.0 Å². The number of hydrogen-bond donors (Lipinski definition) is 1. The van der Waals surface area contributed by atoms with E-state index in [9.17, 15) is 19.7 Å². The quantitative estimate of drug-likeness (QED) is 0.184. The molecular weight excluding hydrogens is 494 g/mol. The number of fused-ring (bicyclic) bond motifs is 1. The molecule has 188 valence electrons. The fraction of sp³-hybridized carbons (Fsp3) is 0.214. The third-order valence-corrected chi connectivity index (χ3v) is 7.03. The number of carbonyl (C=O) groups excluding carboxylic acids is 1. The summed E-state index contributed by atoms with van der Waals surface area (Å²) in [4.78, 5) is 38.8. The van der Waals surface area contributed by atoms with E-state index in [4.69, 9.17) is 16.0 Å². The monoisotopic (exact) mass is 517 g/mol. The van der Waals surface area contributed by atoms with Gasteiger partial charge in [-0.3, -0.25) is 14.9 Å². The zero-order chi connectivity index (χ0) is 26.1. The van der Waals surface area contributed by atoms with Gasteiger partial charge in [-0.15, -0.1) is 0 Å². The lowest BCUT2D eigenvalue weighted by molar-refractivity contribution is -0.384. The fourth-order valence-electron chi connectivity index (χ4n) is 4.59. The van der Waals surface area contributed by atoms with Crippen LogP contribution >= 0.6 is 11.6 Å². The van der Waals surface area contributed by atoms with Gasteiger partial charge < -0.3 is 14.6 Å². The molecule has 0 saturated carbocycles. The van der Waals surface area contributed by atoms with Crippen LogP contribution in [0, 0.1) is 16.0 Å². The SMILES string of the molecule is CC1CCN(c2ccc(C(=O)Nc3ccc(-c4cc5ccccc5oc4=O)c(Cl)c3)cc2[N+](=O)[O-])CC1. The van der Waals surface area contributed by atoms with Crippen LogP contribution in [0.5, 0.6) is 0 Å². The van der Waals surface area contributed by atoms with Gasteiger partial charge in [0.15, 0.2) is 0 Å². The number of nitrogens with one attached hydrogen (secondary N) is 1. The Bertz CT molecular complexity index is 1570. The van der Waals surface area contributed by atoms with Crippen LogP contribution in [0.3, 0.4) is 0 Å². The normalized spacial score (nSPS) is 14.1. The number of rotatable bonds is 5. The number of amides is 1. The molecule has 2 heterocycles. The van der Waals surface area contributed by atoms with Gasteiger partial charge in [-0.1, -0.05) is 42.8 Å². The summed E-state index contributed by atoms with van der Waals surface area (Å²) in [5.41, 5.74) is 1.71. The molecule has 1 N–H and O–H groups in total. The Kier molecular flexibility index (Phi) is 6.67. The first-order chi connectivity index (χ1) is 17.8. The lowest BCUT2D eigenvalue weighted by atomic mass is 9.98. The fourth-order valence-corrected chi connectivity index (χ4v) is 4.87. The minimum absolute atomic E-state index is 0.0985. The topological polar surface area (TPSA) is 106 Å². The number of anilines is 2. The van der Waals surface area contributed by atoms with Crippen molar-refractivity contribution in [3.8, 4) is 11.1 Å². The Morgan fingerprint density at radius 3 is 2.54 bits per heavy atom. The highest BCUT2D eigenvalue weighted by molar-refractivity contribution is 6.33. The predicted octanol–water partition coefficient (Wildman–Crippen LogP) is 6.51. The summed E-state index contributed by atoms with van der Waals surface area (Å²) >= 11 is 6.47. The summed E-state index contributed by atoms with van der Waals surface area (Å²) in [6, 6.07) is 18.2. The molecule has 9 heteroatoms. The van der Waals surface area contributed by atoms with Crippen molar-refractivity contribution in [3.05, 3.63) is 97.9 Å². The molecule has 0 unspecified atom stereocenters. The van der Waals surface area contributed by atoms with Crippen LogP contribution in [-0.4, -0.2) is 23.9 Å². The molecule has 1 aliphatic heterocycles. The summed E-state index contributed by atoms with van der Waals surface area (Å²) in [7, 11) is 0. The van der Waals surface area contributed by atoms with Crippen LogP contribution in [0.25, 0.3) is 22.1 Å². The number of piperidine rings is 1. The third kappa shape index (κ3) is 5.06. The van der Waals surface area contributed by atoms with Crippen molar-refractivity contribution in [2.24, 2.45) is 5.92 Å². The Balaban J connectivity index is 1.38. The van der Waals surface area contributed by atoms with Crippen LogP contribution in [0.4, 0.5) is 17.1 Å². The second kappa shape index (κ2) is 10.1. The lowest BCUT2D eigenvalue weighted by Crippen LogP contribution is -2.33. The van der Waals surface area contributed by atoms with Gasteiger partial charge in [0.1, 0.15) is 11.3 Å². The molecule has 4 aromatic rings. The van der Waals surface area contributed by atoms with Gasteiger partial charge >= 0.3 is 5.63 Å². The maximum Gasteiger partial charge on any atom is 0.344 e. The maximum atomic E-state index is 12.9. The smallest absolute Gasteiger partial charge is 0.344 e. The van der Waals surface area contributed by atoms with Gasteiger partial charge in [0, 0.05) is 41.4 Å². The van der Waals surface area contributed by atoms with Crippen molar-refractivity contribution in [1.29, 1.82) is 0 Å². The van der Waals surface area contributed by atoms with E-state index < -0.39 is 16.5 Å². The van der Waals surface area contributed by atoms with Crippen LogP contribution in [-0.2, 0) is 0 Å². The zero-order valence-electron chi connectivity index (χ0n) is 20.1. The Morgan fingerprint density at radius 1 is 1.05 bits per heavy atom. The van der Waals surface area contributed by atoms with E-state index in [1.54, 1.807) is 42.5 Å². The lowest BCUT2D eigenvalue weighted by Gasteiger charge is -2.31. The standard InChI is InChI=1S/C28H24ClN3O5/c1-17-10-12-31(13-11-17)24-9-6-19(15-25(24)32(35)36)27(33)30-20-7-8-21(23(29)16-20)22-14-18-4-2-3-5-26(18)37-28(22)34/h2-9,14-17H,10-13H2,1H3,(H,30,33). The van der Waals surface area contributed by atoms with E-state index in [1.165, 1.54) is 12.1 Å². The highest BCUT2D eigenvalue weighted by atomic mass is 35.5. The van der Waals surface area contributed by atoms with Crippen molar-refractivity contribution >= 4 is 45.5 Å². The Hall–Kier alpha value is -4.17. The Labute approximate surface area is 217 Å². The third-order valence-electron chi connectivity index (χ3n) is 6.72. The first-order valence-electron chi connectivity index (χ1n) is 12.0. The van der Waals surface area contributed by atoms with Crippen LogP contribution < -0.4 is 15.8 Å². The maximum absolute atomic E-state index is 12.9. The molecule has 1 aliphatic rings. The van der Waals surface area contributed by atoms with Gasteiger partial charge in [0.05, 0.1) is 15.5 Å². The van der Waals surface area contributed by atoms with Crippen molar-refractivity contribution in [1.82, 2.24) is 0 Å². The number of halogens is 1. The molecule has 1 saturated heterocycles. The molecule has 3 aromatic carbocycles. The summed E-state index contributed by atoms with van der Waals surface area (Å²) in [6.07, 6.45) is 1.94. The van der Waals surface area contributed by atoms with E-state index in [0.717, 1.165) is 31.3 Å². The molecule has 0 atom stereocenters. The van der Waals surface area contributed by atoms with Gasteiger partial charge in [-0.05, 0) is 55.2 Å². The number of para-hydroxylation sites is 1. The predicted molar refractivity (Wildman–Crippen MR) is 145 cm³/mol. The zero-order valence-corrected chi connectivity index (χ0v) is 20.8. The van der Waals surface area contributed by atoms with Crippen molar-refractivity contribution < 1.29 is 14.1 Å². The van der Waals surface area contributed by atoms with Crippen molar-refractivity contribution in [2.45, 2.75) is 19.8 Å². The van der Waals surface area contributed by atoms with Gasteiger partial charge in [0.25, 0.3) is 11.6 Å². The van der Waals surface area contributed by atoms with Crippen LogP contribution in [0.15, 0.2) is 75.9 Å². The minimum atomic E-state index is -0.520. The average molecular weight is 518 g/mol. The van der Waals surface area contributed by atoms with E-state index in [-0.39, 0.29) is 16.3 Å². The first kappa shape index (κ1) is 24.5. The van der Waals surface area contributed by atoms with Crippen LogP contribution in [0.2, 0.25) is 5.02 Å². The second-order valence-electron chi connectivity index (χ2n) is 9.26. The molecule has 37 heavy (non-hydrogen) atoms. The number of benzene rings is 3. The van der Waals surface area contributed by atoms with Gasteiger partial charge in [-0.2, -0.15) is 0 Å². The minimum Gasteiger partial charge on any atom is -0.422 e. The average Bonchev–Trinajstić information content (AvgIpc) is 2.89. The number of hydrogen-bond acceptors (Lipinski definition) is 6. The Morgan fingerprint density at radius 2 is 1.81 bits per heavy atom. The first-order valence-corrected chi connectivity index (χ1v) is 12.4. The molecule has 1 aromatic heterocycles. The summed E-state index contributed by atoms with van der Waals surface area (Å²) in [5.74, 6) is 0.0883. The molecule has 0 bridgehead atoms. The summed E-state index contributed by atoms with van der Waals surface area (Å²) in [5, 5.41) is 15.5. The number of nitro groups is 1. The highest BCUT2D eigenvalue weighted by Gasteiger charge is 2.25. The molecule has 1 fully saturated rings. The van der Waals surface area contributed by atoms with Gasteiger partial charge in [0.2, 0.25) is 0 Å². The molecule has 0 aliphatic carbocycles. The van der Waals surface area contributed by atoms with E-state index in [2.05, 4.69) is 12.2 Å². The largest absolute Gasteiger partial charge is 0.422 e. The van der Waals surface area contributed by atoms with E-state index in [0.29, 0.717) is 34.0 Å². The summed E-state index contributed by atoms with van der Waals surface area (Å²) in [6.45, 7) is 3.66. The second-order valence-corrected chi connectivity index (χ2v) is 9.67. The molecule has 5 rings (SSSR count). The molecule has 1 amide bonds. The van der Waals surface area contributed by atoms with Crippen molar-refractivity contribution in [3.63, 3.8) is 0 Å². The molecule has 0 radical (unpaired) electrons. The van der Waals surface area contributed by atoms with E-state index >= 15 is 0 Å². The highest BCUT2D eigenvalue weighted by Crippen LogP contribution is 2.33. The van der Waals surface area contributed by atoms with Gasteiger partial charge in [-0.25, -0.2) is 4.79 Å². The number of nitrogens with zero attached hydrogens (tertiary/aromatic N) is 2. The molecular formula is C28H24ClN3O5. The molecule has 8 nitrogen and oxygen atoms in total. The molecule has 0 spiro atoms.